The average molecular weight is 665 g/mol. The third kappa shape index (κ3) is 6.15. The molecule has 3 aromatic carbocycles. The van der Waals surface area contributed by atoms with E-state index < -0.39 is 23.6 Å². The molecule has 49 heavy (non-hydrogen) atoms. The summed E-state index contributed by atoms with van der Waals surface area (Å²) >= 11 is 0. The minimum Gasteiger partial charge on any atom is -0.495 e. The van der Waals surface area contributed by atoms with E-state index in [-0.39, 0.29) is 30.7 Å². The number of amides is 3. The van der Waals surface area contributed by atoms with Gasteiger partial charge in [-0.05, 0) is 84.7 Å². The highest BCUT2D eigenvalue weighted by Gasteiger charge is 2.57. The van der Waals surface area contributed by atoms with Crippen LogP contribution in [-0.2, 0) is 20.8 Å². The third-order valence-corrected chi connectivity index (χ3v) is 12.2. The molecule has 258 valence electrons. The molecule has 3 unspecified atom stereocenters. The fourth-order valence-corrected chi connectivity index (χ4v) is 10.3. The number of para-hydroxylation sites is 2. The molecule has 2 heterocycles. The number of carbonyl (C=O) groups excluding carboxylic acids is 3. The fraction of sp³-hybridized carbons (Fsp3) is 0.525. The number of piperazine rings is 1. The Morgan fingerprint density at radius 2 is 1.51 bits per heavy atom. The number of anilines is 1. The molecule has 4 bridgehead atoms. The van der Waals surface area contributed by atoms with Crippen molar-refractivity contribution < 1.29 is 24.2 Å². The minimum atomic E-state index is -0.805. The molecule has 4 aliphatic carbocycles. The summed E-state index contributed by atoms with van der Waals surface area (Å²) in [5, 5.41) is 16.1. The van der Waals surface area contributed by atoms with Crippen molar-refractivity contribution in [1.82, 2.24) is 15.1 Å². The van der Waals surface area contributed by atoms with E-state index in [0.29, 0.717) is 50.4 Å². The van der Waals surface area contributed by atoms with Crippen molar-refractivity contribution in [2.75, 3.05) is 44.7 Å². The number of fused-ring (bicyclic) bond motifs is 1. The Balaban J connectivity index is 1.02. The molecular weight excluding hydrogens is 616 g/mol. The molecule has 2 N–H and O–H groups in total. The van der Waals surface area contributed by atoms with Gasteiger partial charge in [0, 0.05) is 45.6 Å². The van der Waals surface area contributed by atoms with Crippen LogP contribution in [0.2, 0.25) is 0 Å². The SMILES string of the molecule is COc1ccccc1N1CCN(C(=O)C(Cc2ccc3ccccc3c2)NC(=O)C2CC(O)CN2C(=O)C23CC4CC(CC(C4)C2)C3)CC1. The standard InChI is InChI=1S/C40H48N4O5/c1-49-36-9-5-4-8-34(36)42-12-14-43(15-13-42)38(47)33(20-26-10-11-30-6-2-3-7-31(30)19-26)41-37(46)35-21-32(45)25-44(35)39(48)40-22-27-16-28(23-40)18-29(17-27)24-40/h2-11,19,27-29,32-33,35,45H,12-18,20-25H2,1H3,(H,41,46). The first-order valence-corrected chi connectivity index (χ1v) is 18.2. The molecular formula is C40H48N4O5. The van der Waals surface area contributed by atoms with Gasteiger partial charge in [-0.1, -0.05) is 54.6 Å². The van der Waals surface area contributed by atoms with Crippen molar-refractivity contribution in [3.8, 4) is 5.75 Å². The Hall–Kier alpha value is -4.11. The molecule has 9 nitrogen and oxygen atoms in total. The van der Waals surface area contributed by atoms with Crippen LogP contribution in [0.1, 0.15) is 50.5 Å². The predicted molar refractivity (Wildman–Crippen MR) is 188 cm³/mol. The van der Waals surface area contributed by atoms with Crippen LogP contribution in [0, 0.1) is 23.2 Å². The van der Waals surface area contributed by atoms with E-state index in [1.54, 1.807) is 12.0 Å². The van der Waals surface area contributed by atoms with E-state index in [9.17, 15) is 19.5 Å². The summed E-state index contributed by atoms with van der Waals surface area (Å²) in [5.74, 6) is 2.18. The summed E-state index contributed by atoms with van der Waals surface area (Å²) in [7, 11) is 1.67. The van der Waals surface area contributed by atoms with Gasteiger partial charge in [-0.15, -0.1) is 0 Å². The van der Waals surface area contributed by atoms with Crippen molar-refractivity contribution in [2.45, 2.75) is 69.6 Å². The molecule has 3 aromatic rings. The Kier molecular flexibility index (Phi) is 8.50. The molecule has 6 fully saturated rings. The third-order valence-electron chi connectivity index (χ3n) is 12.2. The lowest BCUT2D eigenvalue weighted by molar-refractivity contribution is -0.160. The zero-order chi connectivity index (χ0) is 33.7. The number of nitrogens with one attached hydrogen (secondary N) is 1. The summed E-state index contributed by atoms with van der Waals surface area (Å²) in [5.41, 5.74) is 1.55. The maximum absolute atomic E-state index is 14.4. The van der Waals surface area contributed by atoms with Gasteiger partial charge in [0.15, 0.2) is 0 Å². The second kappa shape index (κ2) is 13.0. The molecule has 3 atom stereocenters. The molecule has 0 spiro atoms. The van der Waals surface area contributed by atoms with Crippen LogP contribution >= 0.6 is 0 Å². The highest BCUT2D eigenvalue weighted by atomic mass is 16.5. The maximum Gasteiger partial charge on any atom is 0.245 e. The van der Waals surface area contributed by atoms with Crippen LogP contribution in [-0.4, -0.2) is 90.6 Å². The predicted octanol–water partition coefficient (Wildman–Crippen LogP) is 4.40. The summed E-state index contributed by atoms with van der Waals surface area (Å²) in [4.78, 5) is 48.7. The number of hydrogen-bond donors (Lipinski definition) is 2. The largest absolute Gasteiger partial charge is 0.495 e. The smallest absolute Gasteiger partial charge is 0.245 e. The van der Waals surface area contributed by atoms with E-state index in [0.717, 1.165) is 47.0 Å². The molecule has 9 rings (SSSR count). The van der Waals surface area contributed by atoms with Crippen LogP contribution in [0.5, 0.6) is 5.75 Å². The number of carbonyl (C=O) groups is 3. The number of aliphatic hydroxyl groups excluding tert-OH is 1. The van der Waals surface area contributed by atoms with Crippen molar-refractivity contribution in [2.24, 2.45) is 23.2 Å². The first-order valence-electron chi connectivity index (χ1n) is 18.2. The van der Waals surface area contributed by atoms with E-state index >= 15 is 0 Å². The van der Waals surface area contributed by atoms with Crippen LogP contribution in [0.25, 0.3) is 10.8 Å². The van der Waals surface area contributed by atoms with Crippen molar-refractivity contribution >= 4 is 34.2 Å². The van der Waals surface area contributed by atoms with Gasteiger partial charge in [-0.2, -0.15) is 0 Å². The lowest BCUT2D eigenvalue weighted by atomic mass is 9.49. The quantitative estimate of drug-likeness (QED) is 0.370. The van der Waals surface area contributed by atoms with Gasteiger partial charge in [0.05, 0.1) is 24.3 Å². The molecule has 2 saturated heterocycles. The van der Waals surface area contributed by atoms with Gasteiger partial charge in [0.2, 0.25) is 17.7 Å². The number of ether oxygens (including phenoxy) is 1. The molecule has 0 aromatic heterocycles. The summed E-state index contributed by atoms with van der Waals surface area (Å²) in [6, 6.07) is 20.6. The summed E-state index contributed by atoms with van der Waals surface area (Å²) < 4.78 is 5.59. The highest BCUT2D eigenvalue weighted by Crippen LogP contribution is 2.60. The van der Waals surface area contributed by atoms with Crippen LogP contribution in [0.4, 0.5) is 5.69 Å². The summed E-state index contributed by atoms with van der Waals surface area (Å²) in [6.07, 6.45) is 6.17. The second-order valence-corrected chi connectivity index (χ2v) is 15.5. The monoisotopic (exact) mass is 664 g/mol. The lowest BCUT2D eigenvalue weighted by Crippen LogP contribution is -2.60. The number of hydrogen-bond acceptors (Lipinski definition) is 6. The van der Waals surface area contributed by atoms with Gasteiger partial charge >= 0.3 is 0 Å². The highest BCUT2D eigenvalue weighted by molar-refractivity contribution is 5.94. The molecule has 9 heteroatoms. The van der Waals surface area contributed by atoms with Crippen LogP contribution < -0.4 is 15.0 Å². The number of likely N-dealkylation sites (tertiary alicyclic amines) is 1. The van der Waals surface area contributed by atoms with E-state index in [2.05, 4.69) is 34.5 Å². The van der Waals surface area contributed by atoms with Crippen molar-refractivity contribution in [1.29, 1.82) is 0 Å². The van der Waals surface area contributed by atoms with E-state index in [4.69, 9.17) is 4.74 Å². The zero-order valence-corrected chi connectivity index (χ0v) is 28.4. The number of aliphatic hydroxyl groups is 1. The van der Waals surface area contributed by atoms with Crippen molar-refractivity contribution in [3.63, 3.8) is 0 Å². The average Bonchev–Trinajstić information content (AvgIpc) is 3.51. The lowest BCUT2D eigenvalue weighted by Gasteiger charge is -2.56. The fourth-order valence-electron chi connectivity index (χ4n) is 10.3. The first kappa shape index (κ1) is 32.1. The van der Waals surface area contributed by atoms with Gasteiger partial charge < -0.3 is 29.9 Å². The first-order chi connectivity index (χ1) is 23.8. The van der Waals surface area contributed by atoms with Gasteiger partial charge in [-0.25, -0.2) is 0 Å². The maximum atomic E-state index is 14.4. The number of β-amino-alcohol motifs (C(OH)–C–C–N with tert-alkyl or cyclic N) is 1. The van der Waals surface area contributed by atoms with Crippen LogP contribution in [0.3, 0.4) is 0 Å². The number of methoxy groups -OCH3 is 1. The molecule has 3 amide bonds. The molecule has 4 saturated carbocycles. The number of benzene rings is 3. The Morgan fingerprint density at radius 3 is 2.20 bits per heavy atom. The molecule has 0 radical (unpaired) electrons. The number of rotatable bonds is 8. The second-order valence-electron chi connectivity index (χ2n) is 15.5. The zero-order valence-electron chi connectivity index (χ0n) is 28.4. The topological polar surface area (TPSA) is 102 Å². The van der Waals surface area contributed by atoms with Crippen molar-refractivity contribution in [3.05, 3.63) is 72.3 Å². The Labute approximate surface area is 288 Å². The Bertz CT molecular complexity index is 1700. The minimum absolute atomic E-state index is 0.0492. The molecule has 6 aliphatic rings. The van der Waals surface area contributed by atoms with E-state index in [1.165, 1.54) is 19.3 Å². The van der Waals surface area contributed by atoms with E-state index in [1.807, 2.05) is 47.4 Å². The van der Waals surface area contributed by atoms with Gasteiger partial charge in [-0.3, -0.25) is 14.4 Å². The summed E-state index contributed by atoms with van der Waals surface area (Å²) in [6.45, 7) is 2.49. The normalized spacial score (nSPS) is 29.7. The Morgan fingerprint density at radius 1 is 0.857 bits per heavy atom. The number of nitrogens with zero attached hydrogens (tertiary/aromatic N) is 3. The van der Waals surface area contributed by atoms with Gasteiger partial charge in [0.1, 0.15) is 17.8 Å². The van der Waals surface area contributed by atoms with Crippen LogP contribution in [0.15, 0.2) is 66.7 Å². The van der Waals surface area contributed by atoms with Gasteiger partial charge in [0.25, 0.3) is 0 Å². The molecule has 2 aliphatic heterocycles.